The summed E-state index contributed by atoms with van der Waals surface area (Å²) in [6, 6.07) is 3.79. The highest BCUT2D eigenvalue weighted by atomic mass is 16.2. The third kappa shape index (κ3) is 2.55. The van der Waals surface area contributed by atoms with Gasteiger partial charge in [-0.1, -0.05) is 6.42 Å². The number of carbonyl (C=O) groups is 2. The smallest absolute Gasteiger partial charge is 0.234 e. The lowest BCUT2D eigenvalue weighted by atomic mass is 9.59. The number of hydrogen-bond acceptors (Lipinski definition) is 4. The molecule has 0 aromatic heterocycles. The monoisotopic (exact) mass is 328 g/mol. The van der Waals surface area contributed by atoms with Crippen molar-refractivity contribution < 1.29 is 9.59 Å². The van der Waals surface area contributed by atoms with Gasteiger partial charge in [-0.3, -0.25) is 9.59 Å². The lowest BCUT2D eigenvalue weighted by Crippen LogP contribution is -2.53. The molecule has 0 aromatic carbocycles. The van der Waals surface area contributed by atoms with Crippen molar-refractivity contribution in [3.63, 3.8) is 0 Å². The highest BCUT2D eigenvalue weighted by Crippen LogP contribution is 2.72. The summed E-state index contributed by atoms with van der Waals surface area (Å²) in [6.45, 7) is 1.22. The van der Waals surface area contributed by atoms with E-state index in [0.29, 0.717) is 24.9 Å². The highest BCUT2D eigenvalue weighted by Gasteiger charge is 2.67. The van der Waals surface area contributed by atoms with Crippen LogP contribution in [0.2, 0.25) is 0 Å². The molecule has 2 N–H and O–H groups in total. The van der Waals surface area contributed by atoms with E-state index < -0.39 is 0 Å². The normalized spacial score (nSPS) is 35.8. The van der Waals surface area contributed by atoms with E-state index in [1.165, 1.54) is 19.3 Å². The lowest BCUT2D eigenvalue weighted by Gasteiger charge is -2.48. The molecule has 3 fully saturated rings. The summed E-state index contributed by atoms with van der Waals surface area (Å²) in [7, 11) is 0. The van der Waals surface area contributed by atoms with Crippen molar-refractivity contribution in [3.05, 3.63) is 0 Å². The van der Waals surface area contributed by atoms with Crippen molar-refractivity contribution in [3.8, 4) is 12.1 Å². The van der Waals surface area contributed by atoms with E-state index in [9.17, 15) is 9.59 Å². The number of nitriles is 2. The molecule has 3 aliphatic carbocycles. The van der Waals surface area contributed by atoms with Gasteiger partial charge in [0, 0.05) is 13.1 Å². The van der Waals surface area contributed by atoms with Gasteiger partial charge in [0.25, 0.3) is 0 Å². The average Bonchev–Trinajstić information content (AvgIpc) is 3.22. The molecule has 0 aliphatic heterocycles. The van der Waals surface area contributed by atoms with E-state index in [0.717, 1.165) is 19.3 Å². The number of carbonyl (C=O) groups excluding carboxylic acids is 2. The SMILES string of the molecule is N#CCC(=O)NCC12CCC(C1)C1CCCC12CNC(=O)CC#N. The average molecular weight is 328 g/mol. The van der Waals surface area contributed by atoms with Gasteiger partial charge in [0.15, 0.2) is 0 Å². The first kappa shape index (κ1) is 16.8. The summed E-state index contributed by atoms with van der Waals surface area (Å²) < 4.78 is 0. The Bertz CT molecular complexity index is 619. The number of rotatable bonds is 6. The van der Waals surface area contributed by atoms with Crippen molar-refractivity contribution in [2.45, 2.75) is 51.4 Å². The lowest BCUT2D eigenvalue weighted by molar-refractivity contribution is -0.123. The van der Waals surface area contributed by atoms with Gasteiger partial charge >= 0.3 is 0 Å². The standard InChI is InChI=1S/C18H24N4O2/c19-8-4-15(23)21-11-17-7-3-13(10-17)14-2-1-6-18(14,17)12-22-16(24)5-9-20/h13-14H,1-7,10-12H2,(H,21,23)(H,22,24). The van der Waals surface area contributed by atoms with Gasteiger partial charge in [0.2, 0.25) is 11.8 Å². The summed E-state index contributed by atoms with van der Waals surface area (Å²) in [6.07, 6.45) is 6.64. The van der Waals surface area contributed by atoms with Crippen LogP contribution >= 0.6 is 0 Å². The van der Waals surface area contributed by atoms with Gasteiger partial charge in [0.05, 0.1) is 12.1 Å². The molecule has 3 saturated carbocycles. The van der Waals surface area contributed by atoms with Crippen LogP contribution in [0.3, 0.4) is 0 Å². The third-order valence-electron chi connectivity index (χ3n) is 6.82. The summed E-state index contributed by atoms with van der Waals surface area (Å²) in [4.78, 5) is 23.6. The maximum Gasteiger partial charge on any atom is 0.234 e. The molecular formula is C18H24N4O2. The van der Waals surface area contributed by atoms with Gasteiger partial charge in [-0.15, -0.1) is 0 Å². The maximum atomic E-state index is 11.8. The van der Waals surface area contributed by atoms with E-state index in [4.69, 9.17) is 10.5 Å². The molecule has 24 heavy (non-hydrogen) atoms. The topological polar surface area (TPSA) is 106 Å². The number of fused-ring (bicyclic) bond motifs is 5. The summed E-state index contributed by atoms with van der Waals surface area (Å²) in [5.41, 5.74) is 0.0742. The van der Waals surface area contributed by atoms with Crippen LogP contribution in [-0.4, -0.2) is 24.9 Å². The van der Waals surface area contributed by atoms with Crippen LogP contribution in [0.25, 0.3) is 0 Å². The van der Waals surface area contributed by atoms with Gasteiger partial charge in [-0.25, -0.2) is 0 Å². The first-order valence-corrected chi connectivity index (χ1v) is 8.84. The number of amides is 2. The van der Waals surface area contributed by atoms with E-state index in [1.54, 1.807) is 0 Å². The molecule has 128 valence electrons. The van der Waals surface area contributed by atoms with E-state index >= 15 is 0 Å². The zero-order valence-corrected chi connectivity index (χ0v) is 13.9. The molecule has 3 aliphatic rings. The Morgan fingerprint density at radius 2 is 1.67 bits per heavy atom. The highest BCUT2D eigenvalue weighted by molar-refractivity contribution is 5.78. The first-order valence-electron chi connectivity index (χ1n) is 8.84. The molecule has 6 nitrogen and oxygen atoms in total. The van der Waals surface area contributed by atoms with Crippen molar-refractivity contribution in [2.24, 2.45) is 22.7 Å². The predicted octanol–water partition coefficient (Wildman–Crippen LogP) is 1.63. The molecule has 4 atom stereocenters. The zero-order chi connectivity index (χ0) is 17.2. The molecular weight excluding hydrogens is 304 g/mol. The second-order valence-electron chi connectivity index (χ2n) is 7.66. The molecule has 0 radical (unpaired) electrons. The Labute approximate surface area is 142 Å². The fraction of sp³-hybridized carbons (Fsp3) is 0.778. The van der Waals surface area contributed by atoms with Crippen molar-refractivity contribution in [1.29, 1.82) is 10.5 Å². The second-order valence-corrected chi connectivity index (χ2v) is 7.66. The van der Waals surface area contributed by atoms with Crippen LogP contribution in [0, 0.1) is 45.3 Å². The maximum absolute atomic E-state index is 11.8. The minimum absolute atomic E-state index is 0.0316. The summed E-state index contributed by atoms with van der Waals surface area (Å²) >= 11 is 0. The Morgan fingerprint density at radius 1 is 1.00 bits per heavy atom. The fourth-order valence-electron chi connectivity index (χ4n) is 5.94. The Morgan fingerprint density at radius 3 is 2.33 bits per heavy atom. The quantitative estimate of drug-likeness (QED) is 0.773. The van der Waals surface area contributed by atoms with Gasteiger partial charge in [-0.2, -0.15) is 10.5 Å². The largest absolute Gasteiger partial charge is 0.355 e. The zero-order valence-electron chi connectivity index (χ0n) is 13.9. The van der Waals surface area contributed by atoms with E-state index in [1.807, 2.05) is 12.1 Å². The molecule has 3 rings (SSSR count). The Balaban J connectivity index is 1.76. The predicted molar refractivity (Wildman–Crippen MR) is 86.0 cm³/mol. The van der Waals surface area contributed by atoms with Crippen LogP contribution in [0.5, 0.6) is 0 Å². The number of nitrogens with zero attached hydrogens (tertiary/aromatic N) is 2. The van der Waals surface area contributed by atoms with Crippen LogP contribution in [-0.2, 0) is 9.59 Å². The molecule has 0 spiro atoms. The second kappa shape index (κ2) is 6.43. The Kier molecular flexibility index (Phi) is 4.49. The third-order valence-corrected chi connectivity index (χ3v) is 6.82. The molecule has 6 heteroatoms. The van der Waals surface area contributed by atoms with Crippen LogP contribution in [0.15, 0.2) is 0 Å². The van der Waals surface area contributed by atoms with Gasteiger partial charge < -0.3 is 10.6 Å². The molecule has 0 aromatic rings. The molecule has 2 bridgehead atoms. The Hall–Kier alpha value is -2.08. The van der Waals surface area contributed by atoms with Crippen LogP contribution < -0.4 is 10.6 Å². The van der Waals surface area contributed by atoms with Crippen molar-refractivity contribution in [1.82, 2.24) is 10.6 Å². The van der Waals surface area contributed by atoms with Gasteiger partial charge in [-0.05, 0) is 54.8 Å². The summed E-state index contributed by atoms with van der Waals surface area (Å²) in [5, 5.41) is 23.3. The minimum Gasteiger partial charge on any atom is -0.355 e. The van der Waals surface area contributed by atoms with Crippen molar-refractivity contribution in [2.75, 3.05) is 13.1 Å². The van der Waals surface area contributed by atoms with E-state index in [2.05, 4.69) is 10.6 Å². The van der Waals surface area contributed by atoms with Gasteiger partial charge in [0.1, 0.15) is 12.8 Å². The molecule has 2 amide bonds. The van der Waals surface area contributed by atoms with Crippen molar-refractivity contribution >= 4 is 11.8 Å². The van der Waals surface area contributed by atoms with Crippen LogP contribution in [0.1, 0.15) is 51.4 Å². The minimum atomic E-state index is -0.208. The molecule has 0 heterocycles. The first-order chi connectivity index (χ1) is 11.6. The molecule has 0 saturated heterocycles. The number of nitrogens with one attached hydrogen (secondary N) is 2. The molecule has 4 unspecified atom stereocenters. The summed E-state index contributed by atoms with van der Waals surface area (Å²) in [5.74, 6) is 0.888. The fourth-order valence-corrected chi connectivity index (χ4v) is 5.94. The van der Waals surface area contributed by atoms with E-state index in [-0.39, 0.29) is 35.5 Å². The number of hydrogen-bond donors (Lipinski definition) is 2. The van der Waals surface area contributed by atoms with Crippen LogP contribution in [0.4, 0.5) is 0 Å².